The van der Waals surface area contributed by atoms with Gasteiger partial charge < -0.3 is 10.6 Å². The minimum atomic E-state index is 0.0439. The van der Waals surface area contributed by atoms with E-state index in [0.29, 0.717) is 19.5 Å². The second kappa shape index (κ2) is 6.62. The molecule has 108 valence electrons. The van der Waals surface area contributed by atoms with E-state index >= 15 is 0 Å². The van der Waals surface area contributed by atoms with E-state index in [9.17, 15) is 4.79 Å². The third-order valence-electron chi connectivity index (χ3n) is 3.02. The molecule has 2 aromatic rings. The maximum atomic E-state index is 11.2. The van der Waals surface area contributed by atoms with Crippen LogP contribution in [-0.2, 0) is 11.3 Å². The lowest BCUT2D eigenvalue weighted by Gasteiger charge is -2.15. The van der Waals surface area contributed by atoms with Gasteiger partial charge in [-0.1, -0.05) is 0 Å². The topological polar surface area (TPSA) is 70.2 Å². The summed E-state index contributed by atoms with van der Waals surface area (Å²) in [7, 11) is 5.47. The van der Waals surface area contributed by atoms with Gasteiger partial charge in [0.25, 0.3) is 0 Å². The van der Waals surface area contributed by atoms with Crippen LogP contribution in [0.3, 0.4) is 0 Å². The van der Waals surface area contributed by atoms with Gasteiger partial charge in [-0.15, -0.1) is 11.3 Å². The molecule has 2 aromatic heterocycles. The number of amides is 1. The molecule has 2 rings (SSSR count). The third kappa shape index (κ3) is 3.43. The van der Waals surface area contributed by atoms with Crippen LogP contribution in [0, 0.1) is 0 Å². The smallest absolute Gasteiger partial charge is 0.221 e. The zero-order valence-electron chi connectivity index (χ0n) is 11.9. The summed E-state index contributed by atoms with van der Waals surface area (Å²) in [6.45, 7) is 1.31. The summed E-state index contributed by atoms with van der Waals surface area (Å²) in [5.41, 5.74) is 0. The molecular weight excluding hydrogens is 274 g/mol. The van der Waals surface area contributed by atoms with Crippen LogP contribution in [0.4, 0.5) is 5.82 Å². The molecule has 0 aliphatic carbocycles. The first-order valence-corrected chi connectivity index (χ1v) is 7.33. The second-order valence-electron chi connectivity index (χ2n) is 4.54. The second-order valence-corrected chi connectivity index (χ2v) is 5.43. The summed E-state index contributed by atoms with van der Waals surface area (Å²) in [6.07, 6.45) is 0.479. The van der Waals surface area contributed by atoms with E-state index in [1.165, 1.54) is 0 Å². The van der Waals surface area contributed by atoms with Crippen molar-refractivity contribution < 1.29 is 4.79 Å². The lowest BCUT2D eigenvalue weighted by Crippen LogP contribution is -2.26. The van der Waals surface area contributed by atoms with E-state index < -0.39 is 0 Å². The minimum Gasteiger partial charge on any atom is -0.372 e. The van der Waals surface area contributed by atoms with Crippen LogP contribution in [0.15, 0.2) is 11.4 Å². The first kappa shape index (κ1) is 14.7. The van der Waals surface area contributed by atoms with E-state index in [1.807, 2.05) is 30.4 Å². The maximum absolute atomic E-state index is 11.2. The van der Waals surface area contributed by atoms with Crippen LogP contribution in [0.25, 0.3) is 10.2 Å². The maximum Gasteiger partial charge on any atom is 0.221 e. The number of carbonyl (C=O) groups excluding carboxylic acids is 1. The van der Waals surface area contributed by atoms with Crippen molar-refractivity contribution in [3.05, 3.63) is 17.3 Å². The molecule has 0 atom stereocenters. The Morgan fingerprint density at radius 3 is 2.90 bits per heavy atom. The van der Waals surface area contributed by atoms with E-state index in [-0.39, 0.29) is 5.91 Å². The van der Waals surface area contributed by atoms with E-state index in [1.54, 1.807) is 18.4 Å². The van der Waals surface area contributed by atoms with Crippen LogP contribution in [0.5, 0.6) is 0 Å². The highest BCUT2D eigenvalue weighted by Gasteiger charge is 2.10. The Morgan fingerprint density at radius 2 is 2.20 bits per heavy atom. The van der Waals surface area contributed by atoms with Crippen molar-refractivity contribution in [3.63, 3.8) is 0 Å². The van der Waals surface area contributed by atoms with Crippen molar-refractivity contribution in [1.29, 1.82) is 0 Å². The first-order chi connectivity index (χ1) is 9.63. The number of fused-ring (bicyclic) bond motifs is 1. The average molecular weight is 293 g/mol. The molecule has 2 heterocycles. The van der Waals surface area contributed by atoms with Crippen LogP contribution in [0.1, 0.15) is 12.2 Å². The molecule has 20 heavy (non-hydrogen) atoms. The Balaban J connectivity index is 2.07. The molecule has 0 radical (unpaired) electrons. The number of anilines is 1. The van der Waals surface area contributed by atoms with E-state index in [2.05, 4.69) is 20.6 Å². The monoisotopic (exact) mass is 293 g/mol. The lowest BCUT2D eigenvalue weighted by atomic mass is 10.3. The molecule has 1 amide bonds. The average Bonchev–Trinajstić information content (AvgIpc) is 2.92. The van der Waals surface area contributed by atoms with Gasteiger partial charge in [0.1, 0.15) is 16.5 Å². The predicted octanol–water partition coefficient (Wildman–Crippen LogP) is 1.30. The molecule has 0 unspecified atom stereocenters. The molecule has 0 aromatic carbocycles. The van der Waals surface area contributed by atoms with Crippen LogP contribution < -0.4 is 10.6 Å². The van der Waals surface area contributed by atoms with Crippen LogP contribution in [0.2, 0.25) is 0 Å². The number of rotatable bonds is 6. The Morgan fingerprint density at radius 1 is 1.40 bits per heavy atom. The molecule has 2 N–H and O–H groups in total. The molecule has 7 heteroatoms. The van der Waals surface area contributed by atoms with Crippen molar-refractivity contribution in [3.8, 4) is 0 Å². The normalized spacial score (nSPS) is 11.0. The van der Waals surface area contributed by atoms with Crippen LogP contribution in [-0.4, -0.2) is 48.5 Å². The van der Waals surface area contributed by atoms with Gasteiger partial charge in [-0.3, -0.25) is 9.69 Å². The number of hydrogen-bond donors (Lipinski definition) is 2. The number of nitrogens with zero attached hydrogens (tertiary/aromatic N) is 3. The number of aromatic nitrogens is 2. The molecule has 0 fully saturated rings. The predicted molar refractivity (Wildman–Crippen MR) is 82.0 cm³/mol. The summed E-state index contributed by atoms with van der Waals surface area (Å²) in [4.78, 5) is 23.3. The summed E-state index contributed by atoms with van der Waals surface area (Å²) in [5.74, 6) is 1.66. The van der Waals surface area contributed by atoms with Gasteiger partial charge in [0.05, 0.1) is 11.9 Å². The SMILES string of the molecule is CNC(=O)CCN(C)Cc1nc(NC)c2ccsc2n1. The Kier molecular flexibility index (Phi) is 4.86. The van der Waals surface area contributed by atoms with Gasteiger partial charge in [-0.25, -0.2) is 9.97 Å². The fourth-order valence-corrected chi connectivity index (χ4v) is 2.68. The highest BCUT2D eigenvalue weighted by Crippen LogP contribution is 2.24. The molecule has 0 aliphatic heterocycles. The number of hydrogen-bond acceptors (Lipinski definition) is 6. The number of nitrogens with one attached hydrogen (secondary N) is 2. The zero-order valence-corrected chi connectivity index (χ0v) is 12.8. The van der Waals surface area contributed by atoms with Crippen molar-refractivity contribution >= 4 is 33.3 Å². The third-order valence-corrected chi connectivity index (χ3v) is 3.83. The van der Waals surface area contributed by atoms with E-state index in [0.717, 1.165) is 21.9 Å². The standard InChI is InChI=1S/C13H19N5OS/c1-14-11(19)4-6-18(3)8-10-16-12(15-2)9-5-7-20-13(9)17-10/h5,7H,4,6,8H2,1-3H3,(H,14,19)(H,15,16,17). The molecule has 0 bridgehead atoms. The van der Waals surface area contributed by atoms with Gasteiger partial charge in [-0.2, -0.15) is 0 Å². The molecule has 0 saturated carbocycles. The molecule has 6 nitrogen and oxygen atoms in total. The fourth-order valence-electron chi connectivity index (χ4n) is 1.90. The Labute approximate surface area is 122 Å². The molecular formula is C13H19N5OS. The Hall–Kier alpha value is -1.73. The van der Waals surface area contributed by atoms with E-state index in [4.69, 9.17) is 0 Å². The highest BCUT2D eigenvalue weighted by atomic mass is 32.1. The molecule has 0 saturated heterocycles. The Bertz CT molecular complexity index is 597. The fraction of sp³-hybridized carbons (Fsp3) is 0.462. The summed E-state index contributed by atoms with van der Waals surface area (Å²) < 4.78 is 0. The van der Waals surface area contributed by atoms with Gasteiger partial charge in [0.15, 0.2) is 0 Å². The number of thiophene rings is 1. The highest BCUT2D eigenvalue weighted by molar-refractivity contribution is 7.16. The van der Waals surface area contributed by atoms with Crippen molar-refractivity contribution in [2.75, 3.05) is 33.0 Å². The summed E-state index contributed by atoms with van der Waals surface area (Å²) in [5, 5.41) is 8.78. The first-order valence-electron chi connectivity index (χ1n) is 6.45. The largest absolute Gasteiger partial charge is 0.372 e. The van der Waals surface area contributed by atoms with Gasteiger partial charge in [-0.05, 0) is 18.5 Å². The lowest BCUT2D eigenvalue weighted by molar-refractivity contribution is -0.120. The van der Waals surface area contributed by atoms with Crippen molar-refractivity contribution in [2.45, 2.75) is 13.0 Å². The quantitative estimate of drug-likeness (QED) is 0.840. The van der Waals surface area contributed by atoms with Gasteiger partial charge in [0.2, 0.25) is 5.91 Å². The van der Waals surface area contributed by atoms with Gasteiger partial charge in [0, 0.05) is 27.1 Å². The number of carbonyl (C=O) groups is 1. The summed E-state index contributed by atoms with van der Waals surface area (Å²) in [6, 6.07) is 2.02. The summed E-state index contributed by atoms with van der Waals surface area (Å²) >= 11 is 1.61. The minimum absolute atomic E-state index is 0.0439. The van der Waals surface area contributed by atoms with Crippen molar-refractivity contribution in [2.24, 2.45) is 0 Å². The zero-order chi connectivity index (χ0) is 14.5. The van der Waals surface area contributed by atoms with Crippen molar-refractivity contribution in [1.82, 2.24) is 20.2 Å². The van der Waals surface area contributed by atoms with Crippen LogP contribution >= 0.6 is 11.3 Å². The molecule has 0 spiro atoms. The van der Waals surface area contributed by atoms with Gasteiger partial charge >= 0.3 is 0 Å². The molecule has 0 aliphatic rings.